The van der Waals surface area contributed by atoms with Crippen molar-refractivity contribution in [3.63, 3.8) is 0 Å². The Balaban J connectivity index is -0.000000380. The Kier molecular flexibility index (Phi) is 21.7. The van der Waals surface area contributed by atoms with Gasteiger partial charge < -0.3 is 24.8 Å². The molecular weight excluding hydrogens is 404 g/mol. The predicted molar refractivity (Wildman–Crippen MR) is 121 cm³/mol. The third-order valence-electron chi connectivity index (χ3n) is 4.03. The monoisotopic (exact) mass is 444 g/mol. The normalized spacial score (nSPS) is 12.1. The van der Waals surface area contributed by atoms with Crippen LogP contribution >= 0.6 is 0 Å². The van der Waals surface area contributed by atoms with Crippen molar-refractivity contribution in [1.82, 2.24) is 0 Å². The molecule has 0 aromatic heterocycles. The van der Waals surface area contributed by atoms with Gasteiger partial charge in [0.1, 0.15) is 11.5 Å². The van der Waals surface area contributed by atoms with Crippen LogP contribution < -0.4 is 0 Å². The van der Waals surface area contributed by atoms with Gasteiger partial charge in [-0.1, -0.05) is 39.7 Å². The molecule has 0 rings (SSSR count). The van der Waals surface area contributed by atoms with Crippen LogP contribution in [-0.4, -0.2) is 46.9 Å². The maximum Gasteiger partial charge on any atom is 0.334 e. The second kappa shape index (κ2) is 20.5. The minimum atomic E-state index is -0.918. The topological polar surface area (TPSA) is 130 Å². The van der Waals surface area contributed by atoms with Gasteiger partial charge in [0.2, 0.25) is 0 Å². The third-order valence-corrected chi connectivity index (χ3v) is 4.03. The van der Waals surface area contributed by atoms with Crippen molar-refractivity contribution in [2.24, 2.45) is 0 Å². The molecule has 0 fully saturated rings. The molecule has 0 radical (unpaired) electrons. The quantitative estimate of drug-likeness (QED) is 0.219. The SMILES string of the molecule is CC/C(OC)=C(/C)C(=O)O.CCCC/C=C(\C)C(=O)O.CCO/C(CC)=C(\C)C(=O)O. The van der Waals surface area contributed by atoms with E-state index in [9.17, 15) is 14.4 Å². The van der Waals surface area contributed by atoms with Crippen molar-refractivity contribution in [3.05, 3.63) is 34.3 Å². The zero-order chi connectivity index (χ0) is 25.0. The number of ether oxygens (including phenoxy) is 2. The van der Waals surface area contributed by atoms with E-state index in [0.29, 0.717) is 42.1 Å². The minimum absolute atomic E-state index is 0.282. The molecule has 8 nitrogen and oxygen atoms in total. The van der Waals surface area contributed by atoms with Gasteiger partial charge in [0, 0.05) is 18.4 Å². The molecule has 0 aromatic carbocycles. The maximum atomic E-state index is 10.4. The molecule has 0 unspecified atom stereocenters. The van der Waals surface area contributed by atoms with E-state index in [-0.39, 0.29) is 5.57 Å². The summed E-state index contributed by atoms with van der Waals surface area (Å²) >= 11 is 0. The highest BCUT2D eigenvalue weighted by molar-refractivity contribution is 5.87. The molecule has 0 aromatic rings. The summed E-state index contributed by atoms with van der Waals surface area (Å²) in [6, 6.07) is 0. The minimum Gasteiger partial charge on any atom is -0.501 e. The molecule has 8 heteroatoms. The lowest BCUT2D eigenvalue weighted by molar-refractivity contribution is -0.133. The highest BCUT2D eigenvalue weighted by Crippen LogP contribution is 2.10. The van der Waals surface area contributed by atoms with Gasteiger partial charge in [0.15, 0.2) is 0 Å². The summed E-state index contributed by atoms with van der Waals surface area (Å²) in [5, 5.41) is 25.5. The number of aliphatic carboxylic acids is 3. The van der Waals surface area contributed by atoms with Crippen LogP contribution in [0.2, 0.25) is 0 Å². The summed E-state index contributed by atoms with van der Waals surface area (Å²) in [6.07, 6.45) is 6.09. The Morgan fingerprint density at radius 1 is 0.774 bits per heavy atom. The molecule has 31 heavy (non-hydrogen) atoms. The van der Waals surface area contributed by atoms with Gasteiger partial charge in [0.25, 0.3) is 0 Å². The van der Waals surface area contributed by atoms with Crippen LogP contribution in [-0.2, 0) is 23.9 Å². The van der Waals surface area contributed by atoms with E-state index in [1.54, 1.807) is 19.9 Å². The molecule has 0 spiro atoms. The van der Waals surface area contributed by atoms with Gasteiger partial charge in [0.05, 0.1) is 24.9 Å². The number of carbonyl (C=O) groups is 3. The van der Waals surface area contributed by atoms with Crippen LogP contribution in [0.3, 0.4) is 0 Å². The molecular formula is C23H40O8. The lowest BCUT2D eigenvalue weighted by Gasteiger charge is -2.07. The van der Waals surface area contributed by atoms with Gasteiger partial charge in [-0.15, -0.1) is 0 Å². The lowest BCUT2D eigenvalue weighted by atomic mass is 10.2. The number of hydrogen-bond acceptors (Lipinski definition) is 5. The molecule has 0 heterocycles. The molecule has 0 aliphatic carbocycles. The van der Waals surface area contributed by atoms with Crippen molar-refractivity contribution in [2.75, 3.05) is 13.7 Å². The van der Waals surface area contributed by atoms with Crippen LogP contribution in [0.25, 0.3) is 0 Å². The summed E-state index contributed by atoms with van der Waals surface area (Å²) in [5.74, 6) is -1.53. The van der Waals surface area contributed by atoms with Crippen LogP contribution in [0, 0.1) is 0 Å². The molecule has 0 aliphatic rings. The van der Waals surface area contributed by atoms with E-state index in [1.165, 1.54) is 14.0 Å². The van der Waals surface area contributed by atoms with Crippen molar-refractivity contribution in [2.45, 2.75) is 80.6 Å². The lowest BCUT2D eigenvalue weighted by Crippen LogP contribution is -2.03. The second-order valence-corrected chi connectivity index (χ2v) is 6.39. The first-order valence-corrected chi connectivity index (χ1v) is 10.4. The van der Waals surface area contributed by atoms with Gasteiger partial charge >= 0.3 is 17.9 Å². The van der Waals surface area contributed by atoms with E-state index in [1.807, 2.05) is 20.8 Å². The number of unbranched alkanes of at least 4 members (excludes halogenated alkanes) is 2. The van der Waals surface area contributed by atoms with Crippen LogP contribution in [0.4, 0.5) is 0 Å². The zero-order valence-electron chi connectivity index (χ0n) is 20.2. The first-order valence-electron chi connectivity index (χ1n) is 10.4. The number of carboxylic acids is 3. The highest BCUT2D eigenvalue weighted by atomic mass is 16.5. The molecule has 3 N–H and O–H groups in total. The number of hydrogen-bond donors (Lipinski definition) is 3. The van der Waals surface area contributed by atoms with Gasteiger partial charge in [-0.3, -0.25) is 0 Å². The fraction of sp³-hybridized carbons (Fsp3) is 0.609. The fourth-order valence-corrected chi connectivity index (χ4v) is 2.06. The second-order valence-electron chi connectivity index (χ2n) is 6.39. The summed E-state index contributed by atoms with van der Waals surface area (Å²) in [5.41, 5.74) is 1.04. The summed E-state index contributed by atoms with van der Waals surface area (Å²) in [4.78, 5) is 31.0. The fourth-order valence-electron chi connectivity index (χ4n) is 2.06. The van der Waals surface area contributed by atoms with Gasteiger partial charge in [-0.2, -0.15) is 0 Å². The van der Waals surface area contributed by atoms with Gasteiger partial charge in [-0.25, -0.2) is 14.4 Å². The maximum absolute atomic E-state index is 10.4. The van der Waals surface area contributed by atoms with E-state index in [2.05, 4.69) is 6.92 Å². The summed E-state index contributed by atoms with van der Waals surface area (Å²) in [7, 11) is 1.48. The Morgan fingerprint density at radius 2 is 1.23 bits per heavy atom. The van der Waals surface area contributed by atoms with Crippen LogP contribution in [0.5, 0.6) is 0 Å². The molecule has 0 saturated carbocycles. The standard InChI is InChI=1S/C8H14O3.C8H14O2.C7H12O3/c1-4-7(11-5-2)6(3)8(9)10;1-3-4-5-6-7(2)8(9)10;1-4-6(10-3)5(2)7(8)9/h4-5H2,1-3H3,(H,9,10);6H,3-5H2,1-2H3,(H,9,10);4H2,1-3H3,(H,8,9)/b2*7-6+;6-5+. The predicted octanol–water partition coefficient (Wildman–Crippen LogP) is 5.40. The zero-order valence-corrected chi connectivity index (χ0v) is 20.2. The number of carboxylic acid groups (broad SMARTS) is 3. The number of allylic oxidation sites excluding steroid dienone is 3. The van der Waals surface area contributed by atoms with E-state index in [0.717, 1.165) is 19.3 Å². The van der Waals surface area contributed by atoms with Crippen molar-refractivity contribution in [1.29, 1.82) is 0 Å². The Labute approximate surface area is 186 Å². The summed E-state index contributed by atoms with van der Waals surface area (Å²) in [6.45, 7) is 12.9. The summed E-state index contributed by atoms with van der Waals surface area (Å²) < 4.78 is 9.93. The van der Waals surface area contributed by atoms with Gasteiger partial charge in [-0.05, 0) is 34.1 Å². The largest absolute Gasteiger partial charge is 0.501 e. The smallest absolute Gasteiger partial charge is 0.334 e. The van der Waals surface area contributed by atoms with E-state index in [4.69, 9.17) is 24.8 Å². The first kappa shape index (κ1) is 32.9. The van der Waals surface area contributed by atoms with Crippen LogP contribution in [0.1, 0.15) is 80.6 Å². The van der Waals surface area contributed by atoms with Crippen molar-refractivity contribution >= 4 is 17.9 Å². The molecule has 0 aliphatic heterocycles. The average molecular weight is 445 g/mol. The Morgan fingerprint density at radius 3 is 1.48 bits per heavy atom. The number of methoxy groups -OCH3 is 1. The number of rotatable bonds is 11. The van der Waals surface area contributed by atoms with E-state index < -0.39 is 17.9 Å². The molecule has 0 amide bonds. The van der Waals surface area contributed by atoms with Crippen LogP contribution in [0.15, 0.2) is 34.3 Å². The molecule has 0 saturated heterocycles. The molecule has 0 atom stereocenters. The van der Waals surface area contributed by atoms with E-state index >= 15 is 0 Å². The van der Waals surface area contributed by atoms with Crippen molar-refractivity contribution < 1.29 is 39.2 Å². The Hall–Kier alpha value is -2.77. The average Bonchev–Trinajstić information content (AvgIpc) is 2.73. The highest BCUT2D eigenvalue weighted by Gasteiger charge is 2.08. The first-order chi connectivity index (χ1) is 14.4. The third kappa shape index (κ3) is 17.8. The molecule has 180 valence electrons. The Bertz CT molecular complexity index is 636. The van der Waals surface area contributed by atoms with Crippen molar-refractivity contribution in [3.8, 4) is 0 Å². The molecule has 0 bridgehead atoms.